The SMILES string of the molecule is COc1nc(N[C@@H]2CN(C(C)=O)CC2(F)F)nn2cc(F)c(-c3ccc4ncn(CCF)c4c3)c12. The first-order chi connectivity index (χ1) is 16.7. The third-order valence-corrected chi connectivity index (χ3v) is 6.04. The molecule has 3 aromatic heterocycles. The van der Waals surface area contributed by atoms with Gasteiger partial charge in [0.15, 0.2) is 5.82 Å². The molecule has 1 N–H and O–H groups in total. The summed E-state index contributed by atoms with van der Waals surface area (Å²) in [4.78, 5) is 21.0. The number of amides is 1. The van der Waals surface area contributed by atoms with Crippen LogP contribution in [0.25, 0.3) is 27.7 Å². The molecule has 0 aliphatic carbocycles. The second kappa shape index (κ2) is 8.40. The third kappa shape index (κ3) is 3.90. The molecule has 9 nitrogen and oxygen atoms in total. The number of aryl methyl sites for hydroxylation is 1. The number of methoxy groups -OCH3 is 1. The van der Waals surface area contributed by atoms with Gasteiger partial charge in [-0.1, -0.05) is 6.07 Å². The van der Waals surface area contributed by atoms with Crippen molar-refractivity contribution in [1.82, 2.24) is 29.0 Å². The molecule has 184 valence electrons. The summed E-state index contributed by atoms with van der Waals surface area (Å²) in [5.74, 6) is -4.56. The van der Waals surface area contributed by atoms with Crippen molar-refractivity contribution in [1.29, 1.82) is 0 Å². The zero-order valence-electron chi connectivity index (χ0n) is 18.8. The van der Waals surface area contributed by atoms with E-state index in [9.17, 15) is 18.0 Å². The van der Waals surface area contributed by atoms with E-state index in [0.717, 1.165) is 15.6 Å². The van der Waals surface area contributed by atoms with Gasteiger partial charge in [-0.25, -0.2) is 27.1 Å². The monoisotopic (exact) mass is 491 g/mol. The number of hydrogen-bond donors (Lipinski definition) is 1. The molecule has 0 spiro atoms. The van der Waals surface area contributed by atoms with Gasteiger partial charge in [0, 0.05) is 13.5 Å². The highest BCUT2D eigenvalue weighted by Crippen LogP contribution is 2.36. The number of aromatic nitrogens is 5. The van der Waals surface area contributed by atoms with Gasteiger partial charge >= 0.3 is 0 Å². The van der Waals surface area contributed by atoms with E-state index in [1.165, 1.54) is 20.4 Å². The summed E-state index contributed by atoms with van der Waals surface area (Å²) in [5, 5.41) is 6.72. The van der Waals surface area contributed by atoms with Gasteiger partial charge in [-0.15, -0.1) is 5.10 Å². The molecule has 4 heterocycles. The van der Waals surface area contributed by atoms with E-state index in [2.05, 4.69) is 20.4 Å². The molecule has 5 rings (SSSR count). The molecule has 1 fully saturated rings. The third-order valence-electron chi connectivity index (χ3n) is 6.04. The number of alkyl halides is 3. The largest absolute Gasteiger partial charge is 0.479 e. The van der Waals surface area contributed by atoms with Crippen molar-refractivity contribution < 1.29 is 27.1 Å². The van der Waals surface area contributed by atoms with E-state index < -0.39 is 36.9 Å². The number of carbonyl (C=O) groups is 1. The minimum Gasteiger partial charge on any atom is -0.479 e. The van der Waals surface area contributed by atoms with Gasteiger partial charge in [0.25, 0.3) is 5.92 Å². The number of benzene rings is 1. The van der Waals surface area contributed by atoms with Crippen molar-refractivity contribution in [3.05, 3.63) is 36.5 Å². The average Bonchev–Trinajstić information content (AvgIpc) is 3.46. The van der Waals surface area contributed by atoms with Crippen LogP contribution in [-0.4, -0.2) is 73.8 Å². The minimum absolute atomic E-state index is 0.0384. The number of ether oxygens (including phenoxy) is 1. The molecule has 1 atom stereocenters. The Morgan fingerprint density at radius 3 is 2.83 bits per heavy atom. The summed E-state index contributed by atoms with van der Waals surface area (Å²) in [6.07, 6.45) is 2.60. The average molecular weight is 491 g/mol. The van der Waals surface area contributed by atoms with Crippen LogP contribution in [0.3, 0.4) is 0 Å². The first kappa shape index (κ1) is 22.9. The number of fused-ring (bicyclic) bond motifs is 2. The normalized spacial score (nSPS) is 17.4. The Hall–Kier alpha value is -3.90. The van der Waals surface area contributed by atoms with Gasteiger partial charge in [0.05, 0.1) is 49.3 Å². The van der Waals surface area contributed by atoms with Crippen molar-refractivity contribution in [2.24, 2.45) is 0 Å². The van der Waals surface area contributed by atoms with Crippen molar-refractivity contribution in [2.75, 3.05) is 32.2 Å². The molecule has 0 saturated carbocycles. The van der Waals surface area contributed by atoms with E-state index in [1.54, 1.807) is 22.8 Å². The maximum absolute atomic E-state index is 15.2. The molecule has 4 aromatic rings. The predicted molar refractivity (Wildman–Crippen MR) is 119 cm³/mol. The predicted octanol–water partition coefficient (Wildman–Crippen LogP) is 3.14. The van der Waals surface area contributed by atoms with Gasteiger partial charge in [-0.2, -0.15) is 4.98 Å². The minimum atomic E-state index is -3.21. The van der Waals surface area contributed by atoms with Crippen molar-refractivity contribution >= 4 is 28.4 Å². The fourth-order valence-electron chi connectivity index (χ4n) is 4.31. The van der Waals surface area contributed by atoms with Crippen molar-refractivity contribution in [3.8, 4) is 17.0 Å². The van der Waals surface area contributed by atoms with Gasteiger partial charge in [-0.3, -0.25) is 4.79 Å². The van der Waals surface area contributed by atoms with Gasteiger partial charge in [0.1, 0.15) is 18.2 Å². The van der Waals surface area contributed by atoms with Crippen LogP contribution in [0.1, 0.15) is 6.92 Å². The molecule has 13 heteroatoms. The van der Waals surface area contributed by atoms with E-state index in [4.69, 9.17) is 4.74 Å². The van der Waals surface area contributed by atoms with Crippen molar-refractivity contribution in [2.45, 2.75) is 25.4 Å². The van der Waals surface area contributed by atoms with Crippen LogP contribution in [0, 0.1) is 5.82 Å². The zero-order valence-corrected chi connectivity index (χ0v) is 18.8. The molecule has 0 bridgehead atoms. The fourth-order valence-corrected chi connectivity index (χ4v) is 4.31. The molecule has 1 aromatic carbocycles. The van der Waals surface area contributed by atoms with Crippen LogP contribution >= 0.6 is 0 Å². The number of nitrogens with zero attached hydrogens (tertiary/aromatic N) is 6. The summed E-state index contributed by atoms with van der Waals surface area (Å²) in [6, 6.07) is 3.60. The van der Waals surface area contributed by atoms with Crippen LogP contribution in [0.15, 0.2) is 30.7 Å². The number of likely N-dealkylation sites (tertiary alicyclic amines) is 1. The summed E-state index contributed by atoms with van der Waals surface area (Å²) in [6.45, 7) is -0.211. The molecule has 35 heavy (non-hydrogen) atoms. The number of anilines is 1. The molecule has 0 radical (unpaired) electrons. The molecule has 1 aliphatic heterocycles. The molecular formula is C22H21F4N7O2. The van der Waals surface area contributed by atoms with Gasteiger partial charge in [-0.05, 0) is 17.7 Å². The van der Waals surface area contributed by atoms with Crippen LogP contribution in [0.5, 0.6) is 5.88 Å². The second-order valence-corrected chi connectivity index (χ2v) is 8.28. The van der Waals surface area contributed by atoms with Crippen LogP contribution in [0.2, 0.25) is 0 Å². The van der Waals surface area contributed by atoms with E-state index in [1.807, 2.05) is 0 Å². The lowest BCUT2D eigenvalue weighted by Gasteiger charge is -2.19. The maximum Gasteiger partial charge on any atom is 0.286 e. The zero-order chi connectivity index (χ0) is 24.9. The Morgan fingerprint density at radius 2 is 2.14 bits per heavy atom. The smallest absolute Gasteiger partial charge is 0.286 e. The first-order valence-electron chi connectivity index (χ1n) is 10.8. The highest BCUT2D eigenvalue weighted by atomic mass is 19.3. The number of nitrogens with one attached hydrogen (secondary N) is 1. The highest BCUT2D eigenvalue weighted by molar-refractivity contribution is 5.90. The number of hydrogen-bond acceptors (Lipinski definition) is 6. The molecule has 0 unspecified atom stereocenters. The lowest BCUT2D eigenvalue weighted by atomic mass is 10.1. The standard InChI is InChI=1S/C22H21F4N7O2/c1-12(34)32-9-17(22(25,26)10-32)28-21-29-20(35-2)19-18(14(24)8-33(19)30-21)13-3-4-15-16(7-13)31(6-5-23)11-27-15/h3-4,7-8,11,17H,5-6,9-10H2,1-2H3,(H,28,30)/t17-/m1/s1. The summed E-state index contributed by atoms with van der Waals surface area (Å²) >= 11 is 0. The Labute approximate surface area is 196 Å². The number of imidazole rings is 1. The Balaban J connectivity index is 1.56. The second-order valence-electron chi connectivity index (χ2n) is 8.28. The summed E-state index contributed by atoms with van der Waals surface area (Å²) in [7, 11) is 1.32. The highest BCUT2D eigenvalue weighted by Gasteiger charge is 2.49. The number of halogens is 4. The molecular weight excluding hydrogens is 470 g/mol. The molecule has 1 amide bonds. The van der Waals surface area contributed by atoms with E-state index >= 15 is 4.39 Å². The first-order valence-corrected chi connectivity index (χ1v) is 10.8. The molecule has 1 aliphatic rings. The van der Waals surface area contributed by atoms with Crippen LogP contribution in [0.4, 0.5) is 23.5 Å². The van der Waals surface area contributed by atoms with Gasteiger partial charge in [0.2, 0.25) is 17.7 Å². The lowest BCUT2D eigenvalue weighted by Crippen LogP contribution is -2.38. The fraction of sp³-hybridized carbons (Fsp3) is 0.364. The van der Waals surface area contributed by atoms with Gasteiger partial charge < -0.3 is 19.5 Å². The van der Waals surface area contributed by atoms with E-state index in [0.29, 0.717) is 16.6 Å². The number of rotatable bonds is 6. The lowest BCUT2D eigenvalue weighted by molar-refractivity contribution is -0.129. The van der Waals surface area contributed by atoms with Crippen LogP contribution in [-0.2, 0) is 11.3 Å². The summed E-state index contributed by atoms with van der Waals surface area (Å²) < 4.78 is 65.1. The topological polar surface area (TPSA) is 89.6 Å². The summed E-state index contributed by atoms with van der Waals surface area (Å²) in [5.41, 5.74) is 2.03. The Morgan fingerprint density at radius 1 is 1.34 bits per heavy atom. The quantitative estimate of drug-likeness (QED) is 0.417. The Kier molecular flexibility index (Phi) is 5.49. The van der Waals surface area contributed by atoms with E-state index in [-0.39, 0.29) is 36.0 Å². The maximum atomic E-state index is 15.2. The number of carbonyl (C=O) groups excluding carboxylic acids is 1. The molecule has 1 saturated heterocycles. The van der Waals surface area contributed by atoms with Crippen molar-refractivity contribution in [3.63, 3.8) is 0 Å². The Bertz CT molecular complexity index is 1430. The van der Waals surface area contributed by atoms with Crippen LogP contribution < -0.4 is 10.1 Å².